The van der Waals surface area contributed by atoms with Crippen LogP contribution in [0.25, 0.3) is 0 Å². The molecule has 1 N–H and O–H groups in total. The molecule has 21 heavy (non-hydrogen) atoms. The fourth-order valence-electron chi connectivity index (χ4n) is 2.00. The zero-order valence-electron chi connectivity index (χ0n) is 12.2. The Morgan fingerprint density at radius 3 is 2.81 bits per heavy atom. The molecular formula is C14H20N2O5. The molecule has 0 bridgehead atoms. The summed E-state index contributed by atoms with van der Waals surface area (Å²) in [6.07, 6.45) is -0.113. The number of ether oxygens (including phenoxy) is 3. The Morgan fingerprint density at radius 1 is 1.43 bits per heavy atom. The van der Waals surface area contributed by atoms with Gasteiger partial charge in [0.1, 0.15) is 24.2 Å². The van der Waals surface area contributed by atoms with Crippen molar-refractivity contribution in [3.63, 3.8) is 0 Å². The van der Waals surface area contributed by atoms with Gasteiger partial charge in [-0.15, -0.1) is 0 Å². The minimum absolute atomic E-state index is 0.0486. The number of nitro benzene ring substituents is 1. The van der Waals surface area contributed by atoms with Crippen molar-refractivity contribution in [3.05, 3.63) is 28.3 Å². The molecule has 2 rings (SSSR count). The van der Waals surface area contributed by atoms with Gasteiger partial charge in [0.2, 0.25) is 0 Å². The lowest BCUT2D eigenvalue weighted by Gasteiger charge is -2.23. The van der Waals surface area contributed by atoms with Crippen LogP contribution in [-0.4, -0.2) is 43.4 Å². The molecule has 0 saturated carbocycles. The van der Waals surface area contributed by atoms with Crippen LogP contribution in [0, 0.1) is 10.1 Å². The summed E-state index contributed by atoms with van der Waals surface area (Å²) < 4.78 is 16.6. The lowest BCUT2D eigenvalue weighted by atomic mass is 10.2. The first-order valence-electron chi connectivity index (χ1n) is 6.96. The van der Waals surface area contributed by atoms with E-state index in [0.29, 0.717) is 31.3 Å². The van der Waals surface area contributed by atoms with Crippen molar-refractivity contribution >= 4 is 5.69 Å². The van der Waals surface area contributed by atoms with Gasteiger partial charge >= 0.3 is 0 Å². The van der Waals surface area contributed by atoms with Gasteiger partial charge in [0.15, 0.2) is 0 Å². The molecule has 1 aromatic rings. The predicted molar refractivity (Wildman–Crippen MR) is 77.0 cm³/mol. The van der Waals surface area contributed by atoms with Crippen molar-refractivity contribution < 1.29 is 19.1 Å². The molecule has 1 aliphatic rings. The van der Waals surface area contributed by atoms with E-state index in [1.807, 2.05) is 13.8 Å². The molecular weight excluding hydrogens is 276 g/mol. The summed E-state index contributed by atoms with van der Waals surface area (Å²) in [6, 6.07) is 4.44. The number of hydrogen-bond acceptors (Lipinski definition) is 6. The summed E-state index contributed by atoms with van der Waals surface area (Å²) in [5, 5.41) is 14.2. The van der Waals surface area contributed by atoms with E-state index in [-0.39, 0.29) is 17.9 Å². The van der Waals surface area contributed by atoms with Crippen molar-refractivity contribution in [2.45, 2.75) is 26.1 Å². The number of rotatable bonds is 6. The average Bonchev–Trinajstić information content (AvgIpc) is 2.45. The predicted octanol–water partition coefficient (Wildman–Crippen LogP) is 1.75. The number of nitrogens with zero attached hydrogens (tertiary/aromatic N) is 1. The molecule has 1 atom stereocenters. The molecule has 0 radical (unpaired) electrons. The van der Waals surface area contributed by atoms with E-state index in [1.165, 1.54) is 12.1 Å². The molecule has 1 aliphatic heterocycles. The molecule has 7 nitrogen and oxygen atoms in total. The van der Waals surface area contributed by atoms with Gasteiger partial charge in [0.05, 0.1) is 29.8 Å². The van der Waals surface area contributed by atoms with Crippen molar-refractivity contribution in [2.24, 2.45) is 0 Å². The molecule has 0 aliphatic carbocycles. The van der Waals surface area contributed by atoms with E-state index >= 15 is 0 Å². The summed E-state index contributed by atoms with van der Waals surface area (Å²) in [6.45, 7) is 6.26. The smallest absolute Gasteiger partial charge is 0.276 e. The van der Waals surface area contributed by atoms with Crippen LogP contribution in [0.3, 0.4) is 0 Å². The van der Waals surface area contributed by atoms with Crippen molar-refractivity contribution in [3.8, 4) is 11.5 Å². The average molecular weight is 296 g/mol. The topological polar surface area (TPSA) is 82.9 Å². The second-order valence-electron chi connectivity index (χ2n) is 5.09. The second-order valence-corrected chi connectivity index (χ2v) is 5.09. The molecule has 1 unspecified atom stereocenters. The van der Waals surface area contributed by atoms with E-state index in [4.69, 9.17) is 14.2 Å². The molecule has 1 saturated heterocycles. The van der Waals surface area contributed by atoms with Crippen LogP contribution in [-0.2, 0) is 4.74 Å². The highest BCUT2D eigenvalue weighted by molar-refractivity contribution is 5.46. The Labute approximate surface area is 123 Å². The lowest BCUT2D eigenvalue weighted by molar-refractivity contribution is -0.385. The minimum atomic E-state index is -0.460. The van der Waals surface area contributed by atoms with Crippen LogP contribution in [0.5, 0.6) is 11.5 Å². The van der Waals surface area contributed by atoms with Crippen molar-refractivity contribution in [1.29, 1.82) is 0 Å². The van der Waals surface area contributed by atoms with Gasteiger partial charge in [0.25, 0.3) is 5.69 Å². The number of nitrogens with one attached hydrogen (secondary N) is 1. The Bertz CT molecular complexity index is 486. The molecule has 116 valence electrons. The Hall–Kier alpha value is -1.86. The number of non-ortho nitro benzene ring substituents is 1. The van der Waals surface area contributed by atoms with Gasteiger partial charge in [-0.3, -0.25) is 10.1 Å². The normalized spacial score (nSPS) is 18.5. The van der Waals surface area contributed by atoms with Gasteiger partial charge in [-0.2, -0.15) is 0 Å². The van der Waals surface area contributed by atoms with Crippen LogP contribution in [0.1, 0.15) is 13.8 Å². The first-order chi connectivity index (χ1) is 10.0. The van der Waals surface area contributed by atoms with Gasteiger partial charge in [-0.25, -0.2) is 0 Å². The maximum absolute atomic E-state index is 11.0. The summed E-state index contributed by atoms with van der Waals surface area (Å²) in [4.78, 5) is 10.5. The summed E-state index contributed by atoms with van der Waals surface area (Å²) in [7, 11) is 0. The maximum atomic E-state index is 11.0. The second kappa shape index (κ2) is 7.24. The summed E-state index contributed by atoms with van der Waals surface area (Å²) >= 11 is 0. The molecule has 0 spiro atoms. The number of morpholine rings is 1. The SMILES string of the molecule is CC(C)Oc1cc(OCC2CNCCO2)cc([N+](=O)[O-])c1. The lowest BCUT2D eigenvalue weighted by Crippen LogP contribution is -2.41. The molecule has 0 amide bonds. The van der Waals surface area contributed by atoms with Crippen LogP contribution in [0.15, 0.2) is 18.2 Å². The van der Waals surface area contributed by atoms with E-state index in [1.54, 1.807) is 6.07 Å². The van der Waals surface area contributed by atoms with Gasteiger partial charge in [-0.1, -0.05) is 0 Å². The molecule has 1 heterocycles. The maximum Gasteiger partial charge on any atom is 0.276 e. The van der Waals surface area contributed by atoms with Crippen LogP contribution in [0.4, 0.5) is 5.69 Å². The number of hydrogen-bond donors (Lipinski definition) is 1. The molecule has 1 fully saturated rings. The Morgan fingerprint density at radius 2 is 2.19 bits per heavy atom. The van der Waals surface area contributed by atoms with Crippen LogP contribution >= 0.6 is 0 Å². The molecule has 0 aromatic heterocycles. The summed E-state index contributed by atoms with van der Waals surface area (Å²) in [5.74, 6) is 0.839. The van der Waals surface area contributed by atoms with Gasteiger partial charge in [-0.05, 0) is 13.8 Å². The van der Waals surface area contributed by atoms with Crippen LogP contribution in [0.2, 0.25) is 0 Å². The summed E-state index contributed by atoms with van der Waals surface area (Å²) in [5.41, 5.74) is -0.0502. The third-order valence-corrected chi connectivity index (χ3v) is 2.89. The third-order valence-electron chi connectivity index (χ3n) is 2.89. The van der Waals surface area contributed by atoms with E-state index in [9.17, 15) is 10.1 Å². The van der Waals surface area contributed by atoms with E-state index in [2.05, 4.69) is 5.32 Å². The first-order valence-corrected chi connectivity index (χ1v) is 6.96. The fourth-order valence-corrected chi connectivity index (χ4v) is 2.00. The Kier molecular flexibility index (Phi) is 5.35. The highest BCUT2D eigenvalue weighted by Gasteiger charge is 2.16. The minimum Gasteiger partial charge on any atom is -0.491 e. The third kappa shape index (κ3) is 4.87. The Balaban J connectivity index is 2.05. The first kappa shape index (κ1) is 15.5. The zero-order chi connectivity index (χ0) is 15.2. The standard InChI is InChI=1S/C14H20N2O5/c1-10(2)21-13-6-11(16(17)18)5-12(7-13)20-9-14-8-15-3-4-19-14/h5-7,10,14-15H,3-4,8-9H2,1-2H3. The molecule has 7 heteroatoms. The van der Waals surface area contributed by atoms with Gasteiger partial charge < -0.3 is 19.5 Å². The van der Waals surface area contributed by atoms with Crippen molar-refractivity contribution in [2.75, 3.05) is 26.3 Å². The highest BCUT2D eigenvalue weighted by atomic mass is 16.6. The monoisotopic (exact) mass is 296 g/mol. The largest absolute Gasteiger partial charge is 0.491 e. The quantitative estimate of drug-likeness (QED) is 0.636. The van der Waals surface area contributed by atoms with Crippen LogP contribution < -0.4 is 14.8 Å². The van der Waals surface area contributed by atoms with E-state index in [0.717, 1.165) is 6.54 Å². The van der Waals surface area contributed by atoms with Gasteiger partial charge in [0, 0.05) is 19.2 Å². The number of benzene rings is 1. The fraction of sp³-hybridized carbons (Fsp3) is 0.571. The molecule has 1 aromatic carbocycles. The number of nitro groups is 1. The zero-order valence-corrected chi connectivity index (χ0v) is 12.2. The van der Waals surface area contributed by atoms with E-state index < -0.39 is 4.92 Å². The highest BCUT2D eigenvalue weighted by Crippen LogP contribution is 2.28. The van der Waals surface area contributed by atoms with Crippen molar-refractivity contribution in [1.82, 2.24) is 5.32 Å².